The summed E-state index contributed by atoms with van der Waals surface area (Å²) in [7, 11) is 0. The Kier molecular flexibility index (Phi) is 2.64. The third kappa shape index (κ3) is 2.57. The van der Waals surface area contributed by atoms with Crippen molar-refractivity contribution in [1.29, 1.82) is 0 Å². The first-order valence-corrected chi connectivity index (χ1v) is 4.28. The summed E-state index contributed by atoms with van der Waals surface area (Å²) < 4.78 is 9.36. The van der Waals surface area contributed by atoms with Crippen LogP contribution < -0.4 is 10.1 Å². The van der Waals surface area contributed by atoms with Crippen molar-refractivity contribution in [3.8, 4) is 5.75 Å². The fourth-order valence-corrected chi connectivity index (χ4v) is 1.02. The zero-order chi connectivity index (χ0) is 10.5. The monoisotopic (exact) mass is 204 g/mol. The number of nitrogens with zero attached hydrogens (tertiary/aromatic N) is 1. The molecule has 0 bridgehead atoms. The van der Waals surface area contributed by atoms with Gasteiger partial charge in [-0.25, -0.2) is 4.79 Å². The molecule has 76 valence electrons. The van der Waals surface area contributed by atoms with E-state index in [1.807, 2.05) is 18.2 Å². The molecule has 0 unspecified atom stereocenters. The lowest BCUT2D eigenvalue weighted by atomic mass is 10.3. The van der Waals surface area contributed by atoms with Crippen LogP contribution in [0.15, 0.2) is 47.3 Å². The van der Waals surface area contributed by atoms with Gasteiger partial charge in [-0.2, -0.15) is 0 Å². The number of aromatic nitrogens is 1. The van der Waals surface area contributed by atoms with Gasteiger partial charge < -0.3 is 9.26 Å². The van der Waals surface area contributed by atoms with Gasteiger partial charge in [0.15, 0.2) is 12.0 Å². The molecule has 0 fully saturated rings. The van der Waals surface area contributed by atoms with Crippen LogP contribution in [0, 0.1) is 0 Å². The predicted molar refractivity (Wildman–Crippen MR) is 52.6 cm³/mol. The smallest absolute Gasteiger partial charge is 0.405 e. The number of benzene rings is 1. The lowest BCUT2D eigenvalue weighted by Gasteiger charge is -2.03. The summed E-state index contributed by atoms with van der Waals surface area (Å²) in [5, 5.41) is 5.95. The minimum atomic E-state index is -0.579. The van der Waals surface area contributed by atoms with Gasteiger partial charge in [-0.1, -0.05) is 23.4 Å². The van der Waals surface area contributed by atoms with E-state index in [0.29, 0.717) is 5.69 Å². The van der Waals surface area contributed by atoms with Crippen LogP contribution in [-0.2, 0) is 0 Å². The minimum Gasteiger partial charge on any atom is -0.405 e. The number of carbonyl (C=O) groups excluding carboxylic acids is 1. The second-order valence-corrected chi connectivity index (χ2v) is 2.74. The number of ether oxygens (including phenoxy) is 1. The third-order valence-electron chi connectivity index (χ3n) is 1.64. The zero-order valence-corrected chi connectivity index (χ0v) is 7.71. The Morgan fingerprint density at radius 1 is 1.33 bits per heavy atom. The Hall–Kier alpha value is -2.30. The van der Waals surface area contributed by atoms with Gasteiger partial charge in [0, 0.05) is 5.69 Å². The number of nitrogens with one attached hydrogen (secondary N) is 1. The van der Waals surface area contributed by atoms with Gasteiger partial charge in [-0.15, -0.1) is 0 Å². The number of hydrogen-bond acceptors (Lipinski definition) is 4. The van der Waals surface area contributed by atoms with E-state index < -0.39 is 6.09 Å². The van der Waals surface area contributed by atoms with Crippen molar-refractivity contribution in [1.82, 2.24) is 5.16 Å². The molecule has 1 amide bonds. The zero-order valence-electron chi connectivity index (χ0n) is 7.71. The summed E-state index contributed by atoms with van der Waals surface area (Å²) in [4.78, 5) is 11.3. The molecule has 1 heterocycles. The highest BCUT2D eigenvalue weighted by Gasteiger charge is 2.05. The number of carbonyl (C=O) groups is 1. The number of anilines is 1. The fraction of sp³-hybridized carbons (Fsp3) is 0. The first-order valence-electron chi connectivity index (χ1n) is 4.28. The summed E-state index contributed by atoms with van der Waals surface area (Å²) in [6.07, 6.45) is 1.97. The number of rotatable bonds is 2. The van der Waals surface area contributed by atoms with Crippen LogP contribution in [0.4, 0.5) is 10.5 Å². The van der Waals surface area contributed by atoms with Gasteiger partial charge in [0.1, 0.15) is 6.20 Å². The van der Waals surface area contributed by atoms with Gasteiger partial charge >= 0.3 is 6.09 Å². The third-order valence-corrected chi connectivity index (χ3v) is 1.64. The standard InChI is InChI=1S/C10H8N2O3/c13-10(15-9-6-11-14-7-9)12-8-4-2-1-3-5-8/h1-7H,(H,12,13). The van der Waals surface area contributed by atoms with Crippen molar-refractivity contribution in [2.45, 2.75) is 0 Å². The maximum atomic E-state index is 11.3. The Morgan fingerprint density at radius 2 is 2.13 bits per heavy atom. The Bertz CT molecular complexity index is 425. The molecule has 1 aromatic carbocycles. The molecule has 0 aliphatic rings. The maximum absolute atomic E-state index is 11.3. The van der Waals surface area contributed by atoms with E-state index in [2.05, 4.69) is 15.0 Å². The molecule has 15 heavy (non-hydrogen) atoms. The Labute approximate surface area is 85.6 Å². The van der Waals surface area contributed by atoms with E-state index in [4.69, 9.17) is 4.74 Å². The largest absolute Gasteiger partial charge is 0.417 e. The maximum Gasteiger partial charge on any atom is 0.417 e. The molecule has 0 atom stereocenters. The second-order valence-electron chi connectivity index (χ2n) is 2.74. The van der Waals surface area contributed by atoms with E-state index in [0.717, 1.165) is 0 Å². The van der Waals surface area contributed by atoms with Crippen molar-refractivity contribution in [3.05, 3.63) is 42.8 Å². The highest BCUT2D eigenvalue weighted by Crippen LogP contribution is 2.10. The van der Waals surface area contributed by atoms with Gasteiger partial charge in [0.2, 0.25) is 0 Å². The van der Waals surface area contributed by atoms with E-state index in [1.54, 1.807) is 12.1 Å². The second kappa shape index (κ2) is 4.28. The molecule has 0 saturated carbocycles. The SMILES string of the molecule is O=C(Nc1ccccc1)Oc1cnoc1. The number of para-hydroxylation sites is 1. The van der Waals surface area contributed by atoms with Crippen LogP contribution in [0.5, 0.6) is 5.75 Å². The summed E-state index contributed by atoms with van der Waals surface area (Å²) in [5.74, 6) is 0.267. The summed E-state index contributed by atoms with van der Waals surface area (Å²) >= 11 is 0. The van der Waals surface area contributed by atoms with Crippen LogP contribution >= 0.6 is 0 Å². The molecular weight excluding hydrogens is 196 g/mol. The highest BCUT2D eigenvalue weighted by atomic mass is 16.6. The van der Waals surface area contributed by atoms with Crippen molar-refractivity contribution in [2.75, 3.05) is 5.32 Å². The molecule has 0 aliphatic carbocycles. The van der Waals surface area contributed by atoms with E-state index in [-0.39, 0.29) is 5.75 Å². The van der Waals surface area contributed by atoms with Crippen molar-refractivity contribution >= 4 is 11.8 Å². The molecule has 0 radical (unpaired) electrons. The average Bonchev–Trinajstić information content (AvgIpc) is 2.71. The van der Waals surface area contributed by atoms with Crippen LogP contribution in [0.3, 0.4) is 0 Å². The van der Waals surface area contributed by atoms with Crippen LogP contribution in [0.25, 0.3) is 0 Å². The molecule has 5 heteroatoms. The lowest BCUT2D eigenvalue weighted by molar-refractivity contribution is 0.214. The molecule has 1 aromatic heterocycles. The predicted octanol–water partition coefficient (Wildman–Crippen LogP) is 2.29. The van der Waals surface area contributed by atoms with Crippen LogP contribution in [0.1, 0.15) is 0 Å². The molecule has 0 spiro atoms. The van der Waals surface area contributed by atoms with Gasteiger partial charge in [0.25, 0.3) is 0 Å². The van der Waals surface area contributed by atoms with Crippen molar-refractivity contribution < 1.29 is 14.1 Å². The Morgan fingerprint density at radius 3 is 2.80 bits per heavy atom. The van der Waals surface area contributed by atoms with Crippen LogP contribution in [-0.4, -0.2) is 11.2 Å². The lowest BCUT2D eigenvalue weighted by Crippen LogP contribution is -2.16. The van der Waals surface area contributed by atoms with Crippen molar-refractivity contribution in [3.63, 3.8) is 0 Å². The number of hydrogen-bond donors (Lipinski definition) is 1. The van der Waals surface area contributed by atoms with E-state index in [1.165, 1.54) is 12.5 Å². The quantitative estimate of drug-likeness (QED) is 0.815. The molecule has 5 nitrogen and oxygen atoms in total. The van der Waals surface area contributed by atoms with Crippen molar-refractivity contribution in [2.24, 2.45) is 0 Å². The molecule has 2 aromatic rings. The normalized spacial score (nSPS) is 9.60. The first-order chi connectivity index (χ1) is 7.34. The van der Waals surface area contributed by atoms with E-state index >= 15 is 0 Å². The summed E-state index contributed by atoms with van der Waals surface area (Å²) in [6.45, 7) is 0. The van der Waals surface area contributed by atoms with Crippen LogP contribution in [0.2, 0.25) is 0 Å². The topological polar surface area (TPSA) is 64.4 Å². The molecule has 1 N–H and O–H groups in total. The number of amides is 1. The fourth-order valence-electron chi connectivity index (χ4n) is 1.02. The molecule has 0 aliphatic heterocycles. The first kappa shape index (κ1) is 9.26. The van der Waals surface area contributed by atoms with E-state index in [9.17, 15) is 4.79 Å². The van der Waals surface area contributed by atoms with Gasteiger partial charge in [0.05, 0.1) is 0 Å². The van der Waals surface area contributed by atoms with Gasteiger partial charge in [-0.05, 0) is 12.1 Å². The molecule has 2 rings (SSSR count). The minimum absolute atomic E-state index is 0.267. The summed E-state index contributed by atoms with van der Waals surface area (Å²) in [6, 6.07) is 9.00. The van der Waals surface area contributed by atoms with Gasteiger partial charge in [-0.3, -0.25) is 5.32 Å². The average molecular weight is 204 g/mol. The Balaban J connectivity index is 1.94. The molecule has 0 saturated heterocycles. The summed E-state index contributed by atoms with van der Waals surface area (Å²) in [5.41, 5.74) is 0.666. The highest BCUT2D eigenvalue weighted by molar-refractivity contribution is 5.86. The molecular formula is C10H8N2O3.